The van der Waals surface area contributed by atoms with Crippen molar-refractivity contribution in [2.24, 2.45) is 0 Å². The predicted molar refractivity (Wildman–Crippen MR) is 154 cm³/mol. The van der Waals surface area contributed by atoms with Crippen LogP contribution in [-0.2, 0) is 5.41 Å². The highest BCUT2D eigenvalue weighted by atomic mass is 32.1. The van der Waals surface area contributed by atoms with E-state index in [2.05, 4.69) is 121 Å². The van der Waals surface area contributed by atoms with E-state index in [1.165, 1.54) is 33.4 Å². The summed E-state index contributed by atoms with van der Waals surface area (Å²) < 4.78 is 13.2. The van der Waals surface area contributed by atoms with Gasteiger partial charge in [-0.15, -0.1) is 11.3 Å². The molecule has 38 heavy (non-hydrogen) atoms. The minimum atomic E-state index is -0.472. The van der Waals surface area contributed by atoms with Crippen LogP contribution in [0, 0.1) is 0 Å². The largest absolute Gasteiger partial charge is 0.449 e. The quantitative estimate of drug-likeness (QED) is 0.237. The van der Waals surface area contributed by atoms with Crippen LogP contribution in [0.3, 0.4) is 0 Å². The molecular weight excluding hydrogens is 484 g/mol. The Morgan fingerprint density at radius 3 is 1.89 bits per heavy atom. The van der Waals surface area contributed by atoms with E-state index in [0.717, 1.165) is 33.4 Å². The fourth-order valence-electron chi connectivity index (χ4n) is 6.16. The second-order valence-electron chi connectivity index (χ2n) is 9.69. The molecule has 0 saturated carbocycles. The number of benzene rings is 5. The van der Waals surface area contributed by atoms with Crippen LogP contribution in [0.4, 0.5) is 0 Å². The first kappa shape index (κ1) is 21.5. The zero-order valence-corrected chi connectivity index (χ0v) is 21.2. The van der Waals surface area contributed by atoms with Crippen molar-refractivity contribution in [3.63, 3.8) is 0 Å². The minimum absolute atomic E-state index is 0.472. The van der Waals surface area contributed by atoms with Crippen LogP contribution in [-0.4, -0.2) is 0 Å². The number of hydrogen-bond donors (Lipinski definition) is 0. The van der Waals surface area contributed by atoms with Crippen LogP contribution < -0.4 is 9.47 Å². The fraction of sp³-hybridized carbons (Fsp3) is 0.0286. The Labute approximate surface area is 225 Å². The average Bonchev–Trinajstić information content (AvgIpc) is 3.61. The third-order valence-electron chi connectivity index (χ3n) is 7.72. The third kappa shape index (κ3) is 2.94. The summed E-state index contributed by atoms with van der Waals surface area (Å²) in [6.07, 6.45) is 0. The van der Waals surface area contributed by atoms with E-state index < -0.39 is 5.41 Å². The van der Waals surface area contributed by atoms with Gasteiger partial charge in [0, 0.05) is 10.4 Å². The molecule has 0 saturated heterocycles. The van der Waals surface area contributed by atoms with Crippen LogP contribution in [0.1, 0.15) is 22.3 Å². The molecule has 6 aromatic rings. The second-order valence-corrected chi connectivity index (χ2v) is 10.6. The Morgan fingerprint density at radius 2 is 1.16 bits per heavy atom. The molecule has 0 spiro atoms. The van der Waals surface area contributed by atoms with Gasteiger partial charge in [-0.2, -0.15) is 0 Å². The molecule has 0 fully saturated rings. The number of hydrogen-bond acceptors (Lipinski definition) is 3. The molecule has 0 N–H and O–H groups in total. The monoisotopic (exact) mass is 506 g/mol. The second kappa shape index (κ2) is 8.20. The van der Waals surface area contributed by atoms with Crippen LogP contribution in [0.5, 0.6) is 23.0 Å². The van der Waals surface area contributed by atoms with Gasteiger partial charge >= 0.3 is 0 Å². The maximum absolute atomic E-state index is 6.70. The number of para-hydroxylation sites is 1. The molecule has 0 amide bonds. The van der Waals surface area contributed by atoms with E-state index in [1.54, 1.807) is 11.3 Å². The number of fused-ring (bicyclic) bond motifs is 5. The molecule has 180 valence electrons. The number of rotatable bonds is 3. The van der Waals surface area contributed by atoms with Crippen LogP contribution in [0.25, 0.3) is 21.6 Å². The lowest BCUT2D eigenvalue weighted by Crippen LogP contribution is -2.28. The lowest BCUT2D eigenvalue weighted by molar-refractivity contribution is 0.360. The Balaban J connectivity index is 1.40. The van der Waals surface area contributed by atoms with Crippen molar-refractivity contribution < 1.29 is 9.47 Å². The van der Waals surface area contributed by atoms with Gasteiger partial charge in [0.05, 0.1) is 5.41 Å². The predicted octanol–water partition coefficient (Wildman–Crippen LogP) is 9.68. The zero-order valence-electron chi connectivity index (χ0n) is 20.4. The summed E-state index contributed by atoms with van der Waals surface area (Å²) in [5, 5.41) is 2.09. The summed E-state index contributed by atoms with van der Waals surface area (Å²) in [7, 11) is 0. The summed E-state index contributed by atoms with van der Waals surface area (Å²) >= 11 is 1.70. The van der Waals surface area contributed by atoms with Crippen molar-refractivity contribution in [3.05, 3.63) is 155 Å². The molecule has 8 rings (SSSR count). The normalized spacial score (nSPS) is 13.9. The molecule has 3 heteroatoms. The van der Waals surface area contributed by atoms with Crippen molar-refractivity contribution >= 4 is 11.3 Å². The summed E-state index contributed by atoms with van der Waals surface area (Å²) in [6.45, 7) is 0. The number of ether oxygens (including phenoxy) is 2. The highest BCUT2D eigenvalue weighted by Gasteiger charge is 2.47. The van der Waals surface area contributed by atoms with E-state index in [-0.39, 0.29) is 0 Å². The van der Waals surface area contributed by atoms with Gasteiger partial charge in [-0.3, -0.25) is 0 Å². The summed E-state index contributed by atoms with van der Waals surface area (Å²) in [5.41, 5.74) is 7.91. The molecular formula is C35H22O2S. The van der Waals surface area contributed by atoms with Gasteiger partial charge < -0.3 is 9.47 Å². The fourth-order valence-corrected chi connectivity index (χ4v) is 6.91. The van der Waals surface area contributed by atoms with Crippen molar-refractivity contribution in [2.45, 2.75) is 5.41 Å². The lowest BCUT2D eigenvalue weighted by Gasteiger charge is -2.34. The molecule has 0 unspecified atom stereocenters. The van der Waals surface area contributed by atoms with Crippen LogP contribution >= 0.6 is 11.3 Å². The van der Waals surface area contributed by atoms with E-state index in [0.29, 0.717) is 0 Å². The summed E-state index contributed by atoms with van der Waals surface area (Å²) in [4.78, 5) is 1.16. The molecule has 2 nitrogen and oxygen atoms in total. The van der Waals surface area contributed by atoms with Crippen LogP contribution in [0.15, 0.2) is 133 Å². The van der Waals surface area contributed by atoms with E-state index in [9.17, 15) is 0 Å². The van der Waals surface area contributed by atoms with Gasteiger partial charge in [-0.05, 0) is 69.1 Å². The molecule has 0 bridgehead atoms. The smallest absolute Gasteiger partial charge is 0.178 e. The Kier molecular flexibility index (Phi) is 4.64. The van der Waals surface area contributed by atoms with E-state index in [1.807, 2.05) is 12.1 Å². The van der Waals surface area contributed by atoms with Gasteiger partial charge in [0.1, 0.15) is 0 Å². The molecule has 0 radical (unpaired) electrons. The van der Waals surface area contributed by atoms with Gasteiger partial charge in [0.25, 0.3) is 0 Å². The van der Waals surface area contributed by atoms with E-state index >= 15 is 0 Å². The Bertz CT molecular complexity index is 1770. The van der Waals surface area contributed by atoms with Crippen LogP contribution in [0.2, 0.25) is 0 Å². The summed E-state index contributed by atoms with van der Waals surface area (Å²) in [6, 6.07) is 45.0. The Hall–Kier alpha value is -4.60. The molecule has 2 aliphatic rings. The SMILES string of the molecule is c1ccc(C2(c3ccccc3)c3ccccc3-c3cc4c(cc32)Oc2c(cccc2-c2cccs2)O4)cc1. The Morgan fingerprint density at radius 1 is 0.474 bits per heavy atom. The molecule has 0 atom stereocenters. The summed E-state index contributed by atoms with van der Waals surface area (Å²) in [5.74, 6) is 2.99. The first-order valence-electron chi connectivity index (χ1n) is 12.8. The number of thiophene rings is 1. The van der Waals surface area contributed by atoms with E-state index in [4.69, 9.17) is 9.47 Å². The van der Waals surface area contributed by atoms with Gasteiger partial charge in [0.15, 0.2) is 23.0 Å². The first-order chi connectivity index (χ1) is 18.8. The van der Waals surface area contributed by atoms with Gasteiger partial charge in [-0.25, -0.2) is 0 Å². The highest BCUT2D eigenvalue weighted by molar-refractivity contribution is 7.13. The maximum Gasteiger partial charge on any atom is 0.178 e. The topological polar surface area (TPSA) is 18.5 Å². The maximum atomic E-state index is 6.70. The molecule has 1 aliphatic heterocycles. The zero-order chi connectivity index (χ0) is 25.1. The lowest BCUT2D eigenvalue weighted by atomic mass is 9.67. The van der Waals surface area contributed by atoms with Gasteiger partial charge in [0.2, 0.25) is 0 Å². The standard InChI is InChI=1S/C35H22O2S/c1-3-11-23(12-4-1)35(24-13-5-2-6-14-24)28-17-8-7-15-25(28)27-21-31-32(22-29(27)35)37-34-26(33-19-10-20-38-33)16-9-18-30(34)36-31/h1-22H. The average molecular weight is 507 g/mol. The minimum Gasteiger partial charge on any atom is -0.449 e. The molecule has 1 aliphatic carbocycles. The molecule has 2 heterocycles. The molecule has 1 aromatic heterocycles. The third-order valence-corrected chi connectivity index (χ3v) is 8.62. The van der Waals surface area contributed by atoms with Crippen molar-refractivity contribution in [2.75, 3.05) is 0 Å². The first-order valence-corrected chi connectivity index (χ1v) is 13.6. The van der Waals surface area contributed by atoms with Gasteiger partial charge in [-0.1, -0.05) is 97.1 Å². The highest BCUT2D eigenvalue weighted by Crippen LogP contribution is 2.60. The molecule has 5 aromatic carbocycles. The van der Waals surface area contributed by atoms with Crippen molar-refractivity contribution in [1.29, 1.82) is 0 Å². The van der Waals surface area contributed by atoms with Crippen molar-refractivity contribution in [1.82, 2.24) is 0 Å². The van der Waals surface area contributed by atoms with Crippen molar-refractivity contribution in [3.8, 4) is 44.6 Å².